The van der Waals surface area contributed by atoms with Gasteiger partial charge in [-0.1, -0.05) is 6.07 Å². The molecule has 8 nitrogen and oxygen atoms in total. The van der Waals surface area contributed by atoms with Gasteiger partial charge in [-0.05, 0) is 63.9 Å². The van der Waals surface area contributed by atoms with Gasteiger partial charge in [-0.2, -0.15) is 9.49 Å². The van der Waals surface area contributed by atoms with Crippen molar-refractivity contribution in [2.24, 2.45) is 0 Å². The Morgan fingerprint density at radius 1 is 1.11 bits per heavy atom. The molecule has 4 aromatic rings. The fourth-order valence-electron chi connectivity index (χ4n) is 4.54. The molecule has 5 rings (SSSR count). The number of aryl methyl sites for hydroxylation is 2. The standard InChI is InChI=1S/C27H31FN6O2/c1-17-6-7-19(26(35)31-22-14-29-34(24(22)28)27(3,4)5)12-21(17)20-13-23(32-8-10-36-11-9-32)25-30-18(2)15-33(25)16-20/h6-7,12-16H,8-11H2,1-5H3,(H,31,35). The number of fused-ring (bicyclic) bond motifs is 1. The summed E-state index contributed by atoms with van der Waals surface area (Å²) in [6.07, 6.45) is 5.39. The van der Waals surface area contributed by atoms with Crippen molar-refractivity contribution in [1.29, 1.82) is 0 Å². The first-order valence-electron chi connectivity index (χ1n) is 12.1. The number of carbonyl (C=O) groups excluding carboxylic acids is 1. The minimum absolute atomic E-state index is 0.0574. The van der Waals surface area contributed by atoms with Crippen LogP contribution in [-0.2, 0) is 10.3 Å². The molecule has 36 heavy (non-hydrogen) atoms. The highest BCUT2D eigenvalue weighted by Gasteiger charge is 2.23. The Morgan fingerprint density at radius 3 is 2.56 bits per heavy atom. The second-order valence-electron chi connectivity index (χ2n) is 10.2. The van der Waals surface area contributed by atoms with Gasteiger partial charge in [0.1, 0.15) is 5.69 Å². The average molecular weight is 491 g/mol. The number of pyridine rings is 1. The molecule has 188 valence electrons. The lowest BCUT2D eigenvalue weighted by Gasteiger charge is -2.29. The Bertz CT molecular complexity index is 1440. The lowest BCUT2D eigenvalue weighted by Crippen LogP contribution is -2.36. The lowest BCUT2D eigenvalue weighted by atomic mass is 9.98. The molecule has 9 heteroatoms. The predicted octanol–water partition coefficient (Wildman–Crippen LogP) is 4.80. The maximum Gasteiger partial charge on any atom is 0.255 e. The molecule has 1 fully saturated rings. The SMILES string of the molecule is Cc1cn2cc(-c3cc(C(=O)Nc4cnn(C(C)(C)C)c4F)ccc3C)cc(N3CCOCC3)c2n1. The number of halogens is 1. The van der Waals surface area contributed by atoms with E-state index in [-0.39, 0.29) is 5.69 Å². The van der Waals surface area contributed by atoms with Gasteiger partial charge in [0.05, 0.1) is 36.3 Å². The molecule has 0 bridgehead atoms. The third-order valence-electron chi connectivity index (χ3n) is 6.41. The fraction of sp³-hybridized carbons (Fsp3) is 0.370. The Morgan fingerprint density at radius 2 is 1.86 bits per heavy atom. The Kier molecular flexibility index (Phi) is 6.04. The highest BCUT2D eigenvalue weighted by molar-refractivity contribution is 6.05. The van der Waals surface area contributed by atoms with Crippen LogP contribution in [0, 0.1) is 19.8 Å². The monoisotopic (exact) mass is 490 g/mol. The van der Waals surface area contributed by atoms with Crippen molar-refractivity contribution in [3.8, 4) is 11.1 Å². The topological polar surface area (TPSA) is 76.7 Å². The van der Waals surface area contributed by atoms with Gasteiger partial charge in [0, 0.05) is 36.6 Å². The molecule has 0 spiro atoms. The summed E-state index contributed by atoms with van der Waals surface area (Å²) >= 11 is 0. The molecular weight excluding hydrogens is 459 g/mol. The van der Waals surface area contributed by atoms with Crippen molar-refractivity contribution < 1.29 is 13.9 Å². The first kappa shape index (κ1) is 24.0. The van der Waals surface area contributed by atoms with Gasteiger partial charge < -0.3 is 19.4 Å². The normalized spacial score (nSPS) is 14.4. The molecule has 1 N–H and O–H groups in total. The second-order valence-corrected chi connectivity index (χ2v) is 10.2. The molecule has 3 aromatic heterocycles. The van der Waals surface area contributed by atoms with Crippen LogP contribution < -0.4 is 10.2 Å². The summed E-state index contributed by atoms with van der Waals surface area (Å²) < 4.78 is 23.7. The molecule has 0 radical (unpaired) electrons. The van der Waals surface area contributed by atoms with E-state index in [1.165, 1.54) is 10.9 Å². The van der Waals surface area contributed by atoms with Gasteiger partial charge in [0.15, 0.2) is 5.65 Å². The molecule has 0 unspecified atom stereocenters. The van der Waals surface area contributed by atoms with Crippen LogP contribution in [0.15, 0.2) is 42.9 Å². The lowest BCUT2D eigenvalue weighted by molar-refractivity contribution is 0.102. The summed E-state index contributed by atoms with van der Waals surface area (Å²) in [5.41, 5.74) is 5.76. The van der Waals surface area contributed by atoms with E-state index in [2.05, 4.69) is 21.4 Å². The number of hydrogen-bond donors (Lipinski definition) is 1. The van der Waals surface area contributed by atoms with Crippen LogP contribution in [0.4, 0.5) is 15.8 Å². The van der Waals surface area contributed by atoms with Gasteiger partial charge in [-0.15, -0.1) is 0 Å². The molecule has 1 aliphatic rings. The van der Waals surface area contributed by atoms with Crippen molar-refractivity contribution in [3.05, 3.63) is 65.6 Å². The van der Waals surface area contributed by atoms with Gasteiger partial charge in [0.2, 0.25) is 5.95 Å². The van der Waals surface area contributed by atoms with E-state index in [0.29, 0.717) is 18.8 Å². The number of imidazole rings is 1. The number of rotatable bonds is 4. The van der Waals surface area contributed by atoms with E-state index >= 15 is 0 Å². The quantitative estimate of drug-likeness (QED) is 0.445. The van der Waals surface area contributed by atoms with Gasteiger partial charge >= 0.3 is 0 Å². The fourth-order valence-corrected chi connectivity index (χ4v) is 4.54. The first-order valence-corrected chi connectivity index (χ1v) is 12.1. The van der Waals surface area contributed by atoms with Crippen molar-refractivity contribution in [2.45, 2.75) is 40.2 Å². The van der Waals surface area contributed by atoms with Crippen LogP contribution in [0.1, 0.15) is 42.4 Å². The molecule has 0 aliphatic carbocycles. The average Bonchev–Trinajstić information content (AvgIpc) is 3.40. The van der Waals surface area contributed by atoms with Crippen LogP contribution >= 0.6 is 0 Å². The molecule has 0 saturated carbocycles. The van der Waals surface area contributed by atoms with E-state index in [9.17, 15) is 9.18 Å². The molecular formula is C27H31FN6O2. The summed E-state index contributed by atoms with van der Waals surface area (Å²) in [4.78, 5) is 20.1. The number of morpholine rings is 1. The van der Waals surface area contributed by atoms with Crippen LogP contribution in [0.2, 0.25) is 0 Å². The van der Waals surface area contributed by atoms with Crippen molar-refractivity contribution in [3.63, 3.8) is 0 Å². The van der Waals surface area contributed by atoms with Crippen molar-refractivity contribution in [1.82, 2.24) is 19.2 Å². The smallest absolute Gasteiger partial charge is 0.255 e. The Hall–Kier alpha value is -3.72. The van der Waals surface area contributed by atoms with Crippen LogP contribution in [0.25, 0.3) is 16.8 Å². The van der Waals surface area contributed by atoms with Gasteiger partial charge in [-0.25, -0.2) is 9.67 Å². The molecule has 1 saturated heterocycles. The zero-order chi connectivity index (χ0) is 25.6. The number of nitrogens with zero attached hydrogens (tertiary/aromatic N) is 5. The minimum Gasteiger partial charge on any atom is -0.378 e. The van der Waals surface area contributed by atoms with E-state index in [1.807, 2.05) is 63.5 Å². The number of ether oxygens (including phenoxy) is 1. The van der Waals surface area contributed by atoms with E-state index in [1.54, 1.807) is 6.07 Å². The predicted molar refractivity (Wildman–Crippen MR) is 138 cm³/mol. The van der Waals surface area contributed by atoms with Crippen molar-refractivity contribution in [2.75, 3.05) is 36.5 Å². The largest absolute Gasteiger partial charge is 0.378 e. The number of hydrogen-bond acceptors (Lipinski definition) is 5. The molecule has 1 aromatic carbocycles. The number of anilines is 2. The highest BCUT2D eigenvalue weighted by Crippen LogP contribution is 2.32. The van der Waals surface area contributed by atoms with E-state index in [0.717, 1.165) is 46.8 Å². The summed E-state index contributed by atoms with van der Waals surface area (Å²) in [5.74, 6) is -0.962. The van der Waals surface area contributed by atoms with Crippen molar-refractivity contribution >= 4 is 22.9 Å². The number of nitrogens with one attached hydrogen (secondary N) is 1. The third kappa shape index (κ3) is 4.46. The summed E-state index contributed by atoms with van der Waals surface area (Å²) in [6.45, 7) is 12.5. The zero-order valence-corrected chi connectivity index (χ0v) is 21.3. The molecule has 4 heterocycles. The molecule has 1 amide bonds. The maximum absolute atomic E-state index is 14.8. The third-order valence-corrected chi connectivity index (χ3v) is 6.41. The second kappa shape index (κ2) is 9.05. The number of carbonyl (C=O) groups is 1. The Balaban J connectivity index is 1.51. The van der Waals surface area contributed by atoms with Crippen LogP contribution in [0.5, 0.6) is 0 Å². The van der Waals surface area contributed by atoms with E-state index < -0.39 is 17.4 Å². The molecule has 0 atom stereocenters. The van der Waals surface area contributed by atoms with Gasteiger partial charge in [0.25, 0.3) is 5.91 Å². The maximum atomic E-state index is 14.8. The Labute approximate surface area is 209 Å². The number of benzene rings is 1. The minimum atomic E-state index is -0.570. The first-order chi connectivity index (χ1) is 17.1. The van der Waals surface area contributed by atoms with E-state index in [4.69, 9.17) is 9.72 Å². The van der Waals surface area contributed by atoms with Crippen LogP contribution in [-0.4, -0.2) is 51.4 Å². The number of aromatic nitrogens is 4. The summed E-state index contributed by atoms with van der Waals surface area (Å²) in [5, 5.41) is 6.78. The zero-order valence-electron chi connectivity index (χ0n) is 21.3. The summed E-state index contributed by atoms with van der Waals surface area (Å²) in [7, 11) is 0. The highest BCUT2D eigenvalue weighted by atomic mass is 19.1. The summed E-state index contributed by atoms with van der Waals surface area (Å²) in [6, 6.07) is 7.65. The van der Waals surface area contributed by atoms with Gasteiger partial charge in [-0.3, -0.25) is 4.79 Å². The van der Waals surface area contributed by atoms with Crippen LogP contribution in [0.3, 0.4) is 0 Å². The molecule has 1 aliphatic heterocycles. The number of amides is 1.